The SMILES string of the molecule is CN(CCC#Cc1cccc(CF)n1)C(=O)c1c(Cl)cccc1Cl. The molecule has 0 spiro atoms. The zero-order valence-electron chi connectivity index (χ0n) is 13.0. The number of benzene rings is 1. The first-order valence-electron chi connectivity index (χ1n) is 7.23. The van der Waals surface area contributed by atoms with Crippen LogP contribution in [0.4, 0.5) is 4.39 Å². The highest BCUT2D eigenvalue weighted by Gasteiger charge is 2.17. The lowest BCUT2D eigenvalue weighted by Gasteiger charge is -2.17. The fourth-order valence-corrected chi connectivity index (χ4v) is 2.55. The van der Waals surface area contributed by atoms with Gasteiger partial charge in [-0.2, -0.15) is 0 Å². The molecule has 1 aromatic heterocycles. The summed E-state index contributed by atoms with van der Waals surface area (Å²) in [5.41, 5.74) is 1.14. The molecule has 2 aromatic rings. The number of halogens is 3. The van der Waals surface area contributed by atoms with Gasteiger partial charge in [0.05, 0.1) is 21.3 Å². The van der Waals surface area contributed by atoms with Gasteiger partial charge in [-0.1, -0.05) is 41.3 Å². The molecule has 0 unspecified atom stereocenters. The van der Waals surface area contributed by atoms with Crippen LogP contribution in [0.3, 0.4) is 0 Å². The lowest BCUT2D eigenvalue weighted by molar-refractivity contribution is 0.0798. The third-order valence-corrected chi connectivity index (χ3v) is 3.89. The van der Waals surface area contributed by atoms with Crippen molar-refractivity contribution in [2.45, 2.75) is 13.1 Å². The second-order valence-electron chi connectivity index (χ2n) is 5.02. The van der Waals surface area contributed by atoms with Crippen molar-refractivity contribution in [3.8, 4) is 11.8 Å². The Labute approximate surface area is 150 Å². The second-order valence-corrected chi connectivity index (χ2v) is 5.84. The number of pyridine rings is 1. The van der Waals surface area contributed by atoms with Gasteiger partial charge in [-0.15, -0.1) is 0 Å². The summed E-state index contributed by atoms with van der Waals surface area (Å²) < 4.78 is 12.5. The Morgan fingerprint density at radius 1 is 1.21 bits per heavy atom. The van der Waals surface area contributed by atoms with Crippen LogP contribution in [0.5, 0.6) is 0 Å². The van der Waals surface area contributed by atoms with Crippen molar-refractivity contribution < 1.29 is 9.18 Å². The molecule has 0 radical (unpaired) electrons. The molecule has 124 valence electrons. The van der Waals surface area contributed by atoms with Gasteiger partial charge in [-0.3, -0.25) is 4.79 Å². The molecule has 0 aliphatic rings. The minimum atomic E-state index is -0.620. The Balaban J connectivity index is 1.97. The minimum Gasteiger partial charge on any atom is -0.341 e. The van der Waals surface area contributed by atoms with Crippen LogP contribution < -0.4 is 0 Å². The van der Waals surface area contributed by atoms with E-state index < -0.39 is 6.67 Å². The monoisotopic (exact) mass is 364 g/mol. The maximum atomic E-state index is 12.5. The van der Waals surface area contributed by atoms with Crippen LogP contribution in [0.15, 0.2) is 36.4 Å². The van der Waals surface area contributed by atoms with Gasteiger partial charge < -0.3 is 4.90 Å². The summed E-state index contributed by atoms with van der Waals surface area (Å²) in [6.45, 7) is -0.207. The van der Waals surface area contributed by atoms with Crippen molar-refractivity contribution in [1.29, 1.82) is 0 Å². The first-order chi connectivity index (χ1) is 11.5. The number of rotatable bonds is 4. The molecule has 0 aliphatic carbocycles. The molecule has 0 saturated heterocycles. The number of hydrogen-bond donors (Lipinski definition) is 0. The first-order valence-corrected chi connectivity index (χ1v) is 7.98. The Hall–Kier alpha value is -2.09. The predicted molar refractivity (Wildman–Crippen MR) is 94.0 cm³/mol. The lowest BCUT2D eigenvalue weighted by atomic mass is 10.2. The van der Waals surface area contributed by atoms with Crippen LogP contribution in [0.25, 0.3) is 0 Å². The van der Waals surface area contributed by atoms with Gasteiger partial charge in [-0.05, 0) is 30.2 Å². The highest BCUT2D eigenvalue weighted by Crippen LogP contribution is 2.25. The molecule has 0 bridgehead atoms. The highest BCUT2D eigenvalue weighted by molar-refractivity contribution is 6.39. The van der Waals surface area contributed by atoms with Gasteiger partial charge in [-0.25, -0.2) is 9.37 Å². The summed E-state index contributed by atoms with van der Waals surface area (Å²) in [5, 5.41) is 0.635. The lowest BCUT2D eigenvalue weighted by Crippen LogP contribution is -2.28. The smallest absolute Gasteiger partial charge is 0.256 e. The molecule has 6 heteroatoms. The molecule has 0 aliphatic heterocycles. The Morgan fingerprint density at radius 2 is 1.88 bits per heavy atom. The zero-order valence-corrected chi connectivity index (χ0v) is 14.5. The van der Waals surface area contributed by atoms with E-state index in [1.807, 2.05) is 0 Å². The van der Waals surface area contributed by atoms with E-state index in [2.05, 4.69) is 16.8 Å². The number of aromatic nitrogens is 1. The molecule has 0 atom stereocenters. The largest absolute Gasteiger partial charge is 0.341 e. The number of alkyl halides is 1. The standard InChI is InChI=1S/C18H15Cl2FN2O/c1-23(18(24)17-15(19)9-5-10-16(17)20)11-3-2-6-13-7-4-8-14(12-21)22-13/h4-5,7-10H,3,11-12H2,1H3. The Bertz CT molecular complexity index is 779. The quantitative estimate of drug-likeness (QED) is 0.754. The molecule has 1 amide bonds. The number of carbonyl (C=O) groups excluding carboxylic acids is 1. The maximum absolute atomic E-state index is 12.5. The summed E-state index contributed by atoms with van der Waals surface area (Å²) in [7, 11) is 1.66. The molecule has 1 heterocycles. The molecule has 24 heavy (non-hydrogen) atoms. The van der Waals surface area contributed by atoms with Crippen LogP contribution in [-0.2, 0) is 6.67 Å². The van der Waals surface area contributed by atoms with Crippen molar-refractivity contribution in [3.05, 3.63) is 63.4 Å². The van der Waals surface area contributed by atoms with Crippen LogP contribution in [0, 0.1) is 11.8 Å². The topological polar surface area (TPSA) is 33.2 Å². The third kappa shape index (κ3) is 4.70. The van der Waals surface area contributed by atoms with E-state index in [0.717, 1.165) is 0 Å². The molecule has 0 N–H and O–H groups in total. The van der Waals surface area contributed by atoms with E-state index in [9.17, 15) is 9.18 Å². The van der Waals surface area contributed by atoms with Crippen LogP contribution in [-0.4, -0.2) is 29.4 Å². The summed E-state index contributed by atoms with van der Waals surface area (Å²) in [6.07, 6.45) is 0.450. The van der Waals surface area contributed by atoms with Gasteiger partial charge >= 0.3 is 0 Å². The third-order valence-electron chi connectivity index (χ3n) is 3.26. The Kier molecular flexibility index (Phi) is 6.60. The molecule has 0 saturated carbocycles. The van der Waals surface area contributed by atoms with E-state index >= 15 is 0 Å². The van der Waals surface area contributed by atoms with Crippen molar-refractivity contribution in [1.82, 2.24) is 9.88 Å². The predicted octanol–water partition coefficient (Wildman–Crippen LogP) is 4.37. The van der Waals surface area contributed by atoms with Gasteiger partial charge in [0.2, 0.25) is 0 Å². The van der Waals surface area contributed by atoms with E-state index in [4.69, 9.17) is 23.2 Å². The maximum Gasteiger partial charge on any atom is 0.256 e. The molecular weight excluding hydrogens is 350 g/mol. The number of amides is 1. The van der Waals surface area contributed by atoms with Crippen LogP contribution in [0.1, 0.15) is 28.2 Å². The van der Waals surface area contributed by atoms with E-state index in [1.165, 1.54) is 4.90 Å². The summed E-state index contributed by atoms with van der Waals surface area (Å²) in [6, 6.07) is 9.96. The molecule has 0 fully saturated rings. The molecule has 2 rings (SSSR count). The fourth-order valence-electron chi connectivity index (χ4n) is 1.99. The fraction of sp³-hybridized carbons (Fsp3) is 0.222. The van der Waals surface area contributed by atoms with Gasteiger partial charge in [0, 0.05) is 20.0 Å². The van der Waals surface area contributed by atoms with E-state index in [1.54, 1.807) is 43.4 Å². The first kappa shape index (κ1) is 18.3. The number of hydrogen-bond acceptors (Lipinski definition) is 2. The molecule has 1 aromatic carbocycles. The molecular formula is C18H15Cl2FN2O. The average molecular weight is 365 g/mol. The van der Waals surface area contributed by atoms with Crippen molar-refractivity contribution >= 4 is 29.1 Å². The van der Waals surface area contributed by atoms with Crippen LogP contribution >= 0.6 is 23.2 Å². The van der Waals surface area contributed by atoms with Crippen LogP contribution in [0.2, 0.25) is 10.0 Å². The summed E-state index contributed by atoms with van der Waals surface area (Å²) in [4.78, 5) is 17.9. The van der Waals surface area contributed by atoms with Crippen molar-refractivity contribution in [3.63, 3.8) is 0 Å². The van der Waals surface area contributed by atoms with Crippen molar-refractivity contribution in [2.75, 3.05) is 13.6 Å². The Morgan fingerprint density at radius 3 is 2.54 bits per heavy atom. The highest BCUT2D eigenvalue weighted by atomic mass is 35.5. The van der Waals surface area contributed by atoms with E-state index in [-0.39, 0.29) is 11.5 Å². The number of carbonyl (C=O) groups is 1. The van der Waals surface area contributed by atoms with Gasteiger partial charge in [0.15, 0.2) is 0 Å². The average Bonchev–Trinajstić information content (AvgIpc) is 2.58. The normalized spacial score (nSPS) is 10.0. The van der Waals surface area contributed by atoms with Crippen molar-refractivity contribution in [2.24, 2.45) is 0 Å². The summed E-state index contributed by atoms with van der Waals surface area (Å²) in [5.74, 6) is 5.52. The minimum absolute atomic E-state index is 0.259. The molecule has 3 nitrogen and oxygen atoms in total. The van der Waals surface area contributed by atoms with Gasteiger partial charge in [0.25, 0.3) is 5.91 Å². The van der Waals surface area contributed by atoms with Gasteiger partial charge in [0.1, 0.15) is 12.4 Å². The zero-order chi connectivity index (χ0) is 17.5. The summed E-state index contributed by atoms with van der Waals surface area (Å²) >= 11 is 12.1. The second kappa shape index (κ2) is 8.68. The number of nitrogens with zero attached hydrogens (tertiary/aromatic N) is 2. The van der Waals surface area contributed by atoms with E-state index in [0.29, 0.717) is 34.4 Å².